The molecule has 0 radical (unpaired) electrons. The molecule has 0 aliphatic rings. The van der Waals surface area contributed by atoms with Crippen LogP contribution in [0.4, 0.5) is 5.82 Å². The fraction of sp³-hybridized carbons (Fsp3) is 0.417. The van der Waals surface area contributed by atoms with Gasteiger partial charge in [0.05, 0.1) is 23.0 Å². The third-order valence-electron chi connectivity index (χ3n) is 3.32. The maximum Gasteiger partial charge on any atom is 0.408 e. The molecule has 10 heteroatoms. The molecule has 0 saturated carbocycles. The zero-order valence-electron chi connectivity index (χ0n) is 12.4. The Bertz CT molecular complexity index is 723. The van der Waals surface area contributed by atoms with E-state index < -0.39 is 10.7 Å². The van der Waals surface area contributed by atoms with E-state index in [1.807, 2.05) is 6.07 Å². The summed E-state index contributed by atoms with van der Waals surface area (Å²) in [5.41, 5.74) is 1.26. The Morgan fingerprint density at radius 1 is 1.55 bits per heavy atom. The zero-order valence-corrected chi connectivity index (χ0v) is 13.1. The molecule has 2 heterocycles. The average molecular weight is 327 g/mol. The molecule has 0 saturated heterocycles. The fourth-order valence-electron chi connectivity index (χ4n) is 1.92. The van der Waals surface area contributed by atoms with E-state index in [1.165, 1.54) is 9.58 Å². The molecule has 118 valence electrons. The van der Waals surface area contributed by atoms with Gasteiger partial charge in [0.1, 0.15) is 6.54 Å². The molecule has 0 fully saturated rings. The highest BCUT2D eigenvalue weighted by atomic mass is 35.5. The van der Waals surface area contributed by atoms with Crippen molar-refractivity contribution in [3.05, 3.63) is 38.8 Å². The van der Waals surface area contributed by atoms with Crippen LogP contribution in [-0.4, -0.2) is 42.3 Å². The molecule has 0 bridgehead atoms. The van der Waals surface area contributed by atoms with E-state index in [4.69, 9.17) is 11.6 Å². The predicted octanol–water partition coefficient (Wildman–Crippen LogP) is 1.15. The Morgan fingerprint density at radius 2 is 2.23 bits per heavy atom. The van der Waals surface area contributed by atoms with Crippen LogP contribution in [0.2, 0.25) is 5.02 Å². The molecular formula is C12H15ClN6O3. The van der Waals surface area contributed by atoms with E-state index in [1.54, 1.807) is 31.9 Å². The lowest BCUT2D eigenvalue weighted by Gasteiger charge is -2.16. The number of nitrogens with zero attached hydrogens (tertiary/aromatic N) is 6. The molecule has 0 aliphatic carbocycles. The van der Waals surface area contributed by atoms with Gasteiger partial charge in [-0.05, 0) is 17.9 Å². The van der Waals surface area contributed by atoms with Crippen molar-refractivity contribution >= 4 is 23.3 Å². The molecule has 1 amide bonds. The molecule has 0 N–H and O–H groups in total. The van der Waals surface area contributed by atoms with Crippen molar-refractivity contribution in [2.45, 2.75) is 20.0 Å². The lowest BCUT2D eigenvalue weighted by atomic mass is 10.3. The highest BCUT2D eigenvalue weighted by molar-refractivity contribution is 6.33. The predicted molar refractivity (Wildman–Crippen MR) is 78.3 cm³/mol. The summed E-state index contributed by atoms with van der Waals surface area (Å²) >= 11 is 5.85. The topological polar surface area (TPSA) is 99.1 Å². The Kier molecular flexibility index (Phi) is 4.45. The zero-order chi connectivity index (χ0) is 16.4. The largest absolute Gasteiger partial charge is 0.408 e. The lowest BCUT2D eigenvalue weighted by Crippen LogP contribution is -2.31. The van der Waals surface area contributed by atoms with Gasteiger partial charge in [0.15, 0.2) is 5.02 Å². The number of hydrogen-bond donors (Lipinski definition) is 0. The standard InChI is InChI=1S/C12H15ClN6O3/c1-8-11(13)12(19(21)22)15-18(8)7-10(20)16(2)6-9-4-5-14-17(9)3/h4-5H,6-7H2,1-3H3. The smallest absolute Gasteiger partial charge is 0.358 e. The first-order chi connectivity index (χ1) is 10.3. The Hall–Kier alpha value is -2.42. The summed E-state index contributed by atoms with van der Waals surface area (Å²) < 4.78 is 2.91. The van der Waals surface area contributed by atoms with E-state index in [2.05, 4.69) is 10.2 Å². The highest BCUT2D eigenvalue weighted by Crippen LogP contribution is 2.26. The van der Waals surface area contributed by atoms with Gasteiger partial charge in [-0.25, -0.2) is 0 Å². The van der Waals surface area contributed by atoms with Crippen LogP contribution in [0.25, 0.3) is 0 Å². The Balaban J connectivity index is 2.10. The number of likely N-dealkylation sites (N-methyl/N-ethyl adjacent to an activating group) is 1. The molecule has 2 aromatic heterocycles. The van der Waals surface area contributed by atoms with Crippen molar-refractivity contribution in [1.82, 2.24) is 24.5 Å². The van der Waals surface area contributed by atoms with Gasteiger partial charge in [0.25, 0.3) is 0 Å². The summed E-state index contributed by atoms with van der Waals surface area (Å²) in [7, 11) is 3.43. The number of rotatable bonds is 5. The van der Waals surface area contributed by atoms with Gasteiger partial charge in [0.2, 0.25) is 5.91 Å². The van der Waals surface area contributed by atoms with E-state index in [9.17, 15) is 14.9 Å². The van der Waals surface area contributed by atoms with Gasteiger partial charge < -0.3 is 15.0 Å². The minimum atomic E-state index is -0.671. The van der Waals surface area contributed by atoms with Gasteiger partial charge in [-0.2, -0.15) is 9.78 Å². The van der Waals surface area contributed by atoms with Crippen LogP contribution in [0.1, 0.15) is 11.4 Å². The summed E-state index contributed by atoms with van der Waals surface area (Å²) in [4.78, 5) is 23.8. The summed E-state index contributed by atoms with van der Waals surface area (Å²) in [6.45, 7) is 1.84. The van der Waals surface area contributed by atoms with Crippen LogP contribution in [0.3, 0.4) is 0 Å². The third kappa shape index (κ3) is 3.08. The molecule has 0 atom stereocenters. The first kappa shape index (κ1) is 16.0. The molecule has 0 aromatic carbocycles. The van der Waals surface area contributed by atoms with Crippen LogP contribution >= 0.6 is 11.6 Å². The van der Waals surface area contributed by atoms with Gasteiger partial charge in [-0.3, -0.25) is 9.48 Å². The SMILES string of the molecule is Cc1c(Cl)c([N+](=O)[O-])nn1CC(=O)N(C)Cc1ccnn1C. The summed E-state index contributed by atoms with van der Waals surface area (Å²) in [5.74, 6) is -0.681. The first-order valence-electron chi connectivity index (χ1n) is 6.39. The number of halogens is 1. The first-order valence-corrected chi connectivity index (χ1v) is 6.77. The number of amides is 1. The second kappa shape index (κ2) is 6.14. The second-order valence-corrected chi connectivity index (χ2v) is 5.21. The quantitative estimate of drug-likeness (QED) is 0.606. The third-order valence-corrected chi connectivity index (χ3v) is 3.76. The van der Waals surface area contributed by atoms with Gasteiger partial charge in [-0.1, -0.05) is 11.6 Å². The van der Waals surface area contributed by atoms with Gasteiger partial charge in [0, 0.05) is 20.3 Å². The van der Waals surface area contributed by atoms with Crippen molar-refractivity contribution in [3.8, 4) is 0 Å². The van der Waals surface area contributed by atoms with Crippen LogP contribution < -0.4 is 0 Å². The number of aromatic nitrogens is 4. The van der Waals surface area contributed by atoms with Crippen molar-refractivity contribution in [2.75, 3.05) is 7.05 Å². The molecule has 0 aliphatic heterocycles. The Morgan fingerprint density at radius 3 is 2.73 bits per heavy atom. The number of nitro groups is 1. The van der Waals surface area contributed by atoms with Gasteiger partial charge >= 0.3 is 5.82 Å². The molecule has 22 heavy (non-hydrogen) atoms. The number of aryl methyl sites for hydroxylation is 1. The second-order valence-electron chi connectivity index (χ2n) is 4.83. The van der Waals surface area contributed by atoms with Crippen LogP contribution in [0.15, 0.2) is 12.3 Å². The fourth-order valence-corrected chi connectivity index (χ4v) is 2.12. The van der Waals surface area contributed by atoms with Gasteiger partial charge in [-0.15, -0.1) is 0 Å². The van der Waals surface area contributed by atoms with Crippen molar-refractivity contribution in [1.29, 1.82) is 0 Å². The minimum absolute atomic E-state index is 0.0490. The van der Waals surface area contributed by atoms with Crippen molar-refractivity contribution in [3.63, 3.8) is 0 Å². The molecule has 2 aromatic rings. The monoisotopic (exact) mass is 326 g/mol. The van der Waals surface area contributed by atoms with Crippen LogP contribution in [0, 0.1) is 17.0 Å². The average Bonchev–Trinajstić information content (AvgIpc) is 2.97. The van der Waals surface area contributed by atoms with E-state index in [-0.39, 0.29) is 17.5 Å². The molecule has 0 spiro atoms. The normalized spacial score (nSPS) is 10.7. The number of carbonyl (C=O) groups excluding carboxylic acids is 1. The van der Waals surface area contributed by atoms with E-state index in [0.717, 1.165) is 5.69 Å². The van der Waals surface area contributed by atoms with E-state index >= 15 is 0 Å². The minimum Gasteiger partial charge on any atom is -0.358 e. The number of hydrogen-bond acceptors (Lipinski definition) is 5. The maximum atomic E-state index is 12.2. The van der Waals surface area contributed by atoms with Crippen LogP contribution in [0.5, 0.6) is 0 Å². The molecular weight excluding hydrogens is 312 g/mol. The highest BCUT2D eigenvalue weighted by Gasteiger charge is 2.25. The molecule has 9 nitrogen and oxygen atoms in total. The number of carbonyl (C=O) groups is 1. The van der Waals surface area contributed by atoms with Crippen LogP contribution in [-0.2, 0) is 24.9 Å². The molecule has 0 unspecified atom stereocenters. The van der Waals surface area contributed by atoms with E-state index in [0.29, 0.717) is 12.2 Å². The maximum absolute atomic E-state index is 12.2. The summed E-state index contributed by atoms with van der Waals surface area (Å²) in [5, 5.41) is 18.5. The van der Waals surface area contributed by atoms with Crippen molar-refractivity contribution in [2.24, 2.45) is 7.05 Å². The van der Waals surface area contributed by atoms with Crippen molar-refractivity contribution < 1.29 is 9.72 Å². The summed E-state index contributed by atoms with van der Waals surface area (Å²) in [6.07, 6.45) is 1.65. The lowest BCUT2D eigenvalue weighted by molar-refractivity contribution is -0.389. The summed E-state index contributed by atoms with van der Waals surface area (Å²) in [6, 6.07) is 1.81. The Labute approximate surface area is 131 Å². The molecule has 2 rings (SSSR count).